The predicted octanol–water partition coefficient (Wildman–Crippen LogP) is 1.65. The molecule has 5 nitrogen and oxygen atoms in total. The third-order valence-corrected chi connectivity index (χ3v) is 2.19. The zero-order valence-electron chi connectivity index (χ0n) is 8.47. The van der Waals surface area contributed by atoms with Gasteiger partial charge < -0.3 is 14.9 Å². The first-order valence-corrected chi connectivity index (χ1v) is 4.53. The maximum absolute atomic E-state index is 10.8. The molecule has 0 saturated carbocycles. The molecule has 1 aromatic heterocycles. The van der Waals surface area contributed by atoms with Gasteiger partial charge >= 0.3 is 5.97 Å². The van der Waals surface area contributed by atoms with Crippen molar-refractivity contribution in [2.45, 2.75) is 0 Å². The second-order valence-electron chi connectivity index (χ2n) is 3.23. The van der Waals surface area contributed by atoms with Crippen molar-refractivity contribution < 1.29 is 19.7 Å². The lowest BCUT2D eigenvalue weighted by Crippen LogP contribution is -2.02. The van der Waals surface area contributed by atoms with Crippen molar-refractivity contribution >= 4 is 16.7 Å². The maximum Gasteiger partial charge on any atom is 0.354 e. The van der Waals surface area contributed by atoms with Gasteiger partial charge in [-0.15, -0.1) is 0 Å². The number of phenols is 1. The Morgan fingerprint density at radius 3 is 2.75 bits per heavy atom. The summed E-state index contributed by atoms with van der Waals surface area (Å²) in [6.07, 6.45) is 0. The Balaban J connectivity index is 2.78. The minimum absolute atomic E-state index is 0.0793. The Morgan fingerprint density at radius 2 is 2.12 bits per heavy atom. The van der Waals surface area contributed by atoms with Gasteiger partial charge in [-0.25, -0.2) is 9.78 Å². The number of ether oxygens (including phenoxy) is 1. The number of carboxylic acid groups (broad SMARTS) is 1. The number of pyridine rings is 1. The zero-order chi connectivity index (χ0) is 11.7. The maximum atomic E-state index is 10.8. The minimum atomic E-state index is -1.12. The largest absolute Gasteiger partial charge is 0.508 e. The van der Waals surface area contributed by atoms with Crippen LogP contribution < -0.4 is 4.74 Å². The van der Waals surface area contributed by atoms with Crippen molar-refractivity contribution in [1.29, 1.82) is 0 Å². The fourth-order valence-corrected chi connectivity index (χ4v) is 1.47. The van der Waals surface area contributed by atoms with Crippen LogP contribution in [0.4, 0.5) is 0 Å². The molecule has 0 bridgehead atoms. The van der Waals surface area contributed by atoms with Gasteiger partial charge in [-0.05, 0) is 23.6 Å². The second-order valence-corrected chi connectivity index (χ2v) is 3.23. The van der Waals surface area contributed by atoms with Crippen molar-refractivity contribution in [3.05, 3.63) is 30.0 Å². The van der Waals surface area contributed by atoms with Gasteiger partial charge in [0.1, 0.15) is 5.75 Å². The number of nitrogens with zero attached hydrogens (tertiary/aromatic N) is 1. The third-order valence-electron chi connectivity index (χ3n) is 2.19. The summed E-state index contributed by atoms with van der Waals surface area (Å²) in [5, 5.41) is 19.4. The molecule has 1 heterocycles. The number of hydrogen-bond acceptors (Lipinski definition) is 4. The van der Waals surface area contributed by atoms with Crippen molar-refractivity contribution in [3.63, 3.8) is 0 Å². The number of rotatable bonds is 2. The molecule has 0 radical (unpaired) electrons. The fraction of sp³-hybridized carbons (Fsp3) is 0.0909. The molecule has 0 atom stereocenters. The van der Waals surface area contributed by atoms with Crippen molar-refractivity contribution in [2.75, 3.05) is 7.11 Å². The smallest absolute Gasteiger partial charge is 0.354 e. The number of hydrogen-bond donors (Lipinski definition) is 2. The first-order chi connectivity index (χ1) is 7.61. The number of fused-ring (bicyclic) bond motifs is 1. The van der Waals surface area contributed by atoms with E-state index in [9.17, 15) is 9.90 Å². The number of aromatic nitrogens is 1. The van der Waals surface area contributed by atoms with Crippen LogP contribution in [0.25, 0.3) is 10.8 Å². The molecule has 0 fully saturated rings. The standard InChI is InChI=1S/C11H9NO4/c1-16-10-8-5-7(13)3-2-6(8)4-9(12-10)11(14)15/h2-5,13H,1H3,(H,14,15). The molecule has 82 valence electrons. The SMILES string of the molecule is COc1nc(C(=O)O)cc2ccc(O)cc12. The molecular formula is C11H9NO4. The van der Waals surface area contributed by atoms with E-state index in [4.69, 9.17) is 9.84 Å². The van der Waals surface area contributed by atoms with E-state index in [1.165, 1.54) is 25.3 Å². The van der Waals surface area contributed by atoms with Crippen LogP contribution >= 0.6 is 0 Å². The fourth-order valence-electron chi connectivity index (χ4n) is 1.47. The topological polar surface area (TPSA) is 79.7 Å². The molecule has 2 rings (SSSR count). The van der Waals surface area contributed by atoms with Crippen molar-refractivity contribution in [2.24, 2.45) is 0 Å². The monoisotopic (exact) mass is 219 g/mol. The summed E-state index contributed by atoms with van der Waals surface area (Å²) in [6.45, 7) is 0. The normalized spacial score (nSPS) is 10.3. The zero-order valence-corrected chi connectivity index (χ0v) is 8.47. The summed E-state index contributed by atoms with van der Waals surface area (Å²) < 4.78 is 4.99. The summed E-state index contributed by atoms with van der Waals surface area (Å²) in [4.78, 5) is 14.6. The first-order valence-electron chi connectivity index (χ1n) is 4.53. The van der Waals surface area contributed by atoms with Crippen LogP contribution in [0, 0.1) is 0 Å². The lowest BCUT2D eigenvalue weighted by molar-refractivity contribution is 0.0690. The van der Waals surface area contributed by atoms with Crippen molar-refractivity contribution in [1.82, 2.24) is 4.98 Å². The van der Waals surface area contributed by atoms with Crippen LogP contribution in [-0.4, -0.2) is 28.3 Å². The molecule has 0 aliphatic carbocycles. The summed E-state index contributed by atoms with van der Waals surface area (Å²) in [7, 11) is 1.40. The molecule has 0 aliphatic heterocycles. The van der Waals surface area contributed by atoms with E-state index >= 15 is 0 Å². The van der Waals surface area contributed by atoms with Crippen LogP contribution in [0.3, 0.4) is 0 Å². The van der Waals surface area contributed by atoms with Gasteiger partial charge in [0.2, 0.25) is 5.88 Å². The molecule has 0 unspecified atom stereocenters. The van der Waals surface area contributed by atoms with Crippen LogP contribution in [0.5, 0.6) is 11.6 Å². The summed E-state index contributed by atoms with van der Waals surface area (Å²) in [5.74, 6) is -0.852. The van der Waals surface area contributed by atoms with E-state index in [2.05, 4.69) is 4.98 Å². The molecule has 0 amide bonds. The van der Waals surface area contributed by atoms with Crippen molar-refractivity contribution in [3.8, 4) is 11.6 Å². The number of phenolic OH excluding ortho intramolecular Hbond substituents is 1. The van der Waals surface area contributed by atoms with Gasteiger partial charge in [-0.3, -0.25) is 0 Å². The number of carbonyl (C=O) groups is 1. The first kappa shape index (κ1) is 10.2. The van der Waals surface area contributed by atoms with E-state index in [-0.39, 0.29) is 17.3 Å². The predicted molar refractivity (Wildman–Crippen MR) is 56.9 cm³/mol. The Bertz CT molecular complexity index is 565. The van der Waals surface area contributed by atoms with Crippen LogP contribution in [0.1, 0.15) is 10.5 Å². The highest BCUT2D eigenvalue weighted by Gasteiger charge is 2.11. The lowest BCUT2D eigenvalue weighted by atomic mass is 10.1. The highest BCUT2D eigenvalue weighted by Crippen LogP contribution is 2.27. The number of carboxylic acids is 1. The molecule has 2 aromatic rings. The quantitative estimate of drug-likeness (QED) is 0.802. The van der Waals surface area contributed by atoms with Gasteiger partial charge in [-0.2, -0.15) is 0 Å². The number of aromatic hydroxyl groups is 1. The van der Waals surface area contributed by atoms with E-state index < -0.39 is 5.97 Å². The minimum Gasteiger partial charge on any atom is -0.508 e. The number of benzene rings is 1. The Morgan fingerprint density at radius 1 is 1.38 bits per heavy atom. The van der Waals surface area contributed by atoms with Gasteiger partial charge in [-0.1, -0.05) is 6.07 Å². The molecule has 0 spiro atoms. The molecule has 2 N–H and O–H groups in total. The van der Waals surface area contributed by atoms with Gasteiger partial charge in [0.25, 0.3) is 0 Å². The molecule has 0 saturated heterocycles. The van der Waals surface area contributed by atoms with E-state index in [0.29, 0.717) is 10.8 Å². The Kier molecular flexibility index (Phi) is 2.36. The van der Waals surface area contributed by atoms with Crippen LogP contribution in [0.2, 0.25) is 0 Å². The lowest BCUT2D eigenvalue weighted by Gasteiger charge is -2.06. The second kappa shape index (κ2) is 3.69. The Labute approximate surface area is 90.9 Å². The number of methoxy groups -OCH3 is 1. The van der Waals surface area contributed by atoms with Gasteiger partial charge in [0.05, 0.1) is 7.11 Å². The highest BCUT2D eigenvalue weighted by atomic mass is 16.5. The van der Waals surface area contributed by atoms with Crippen LogP contribution in [-0.2, 0) is 0 Å². The molecule has 1 aromatic carbocycles. The summed E-state index contributed by atoms with van der Waals surface area (Å²) in [5.41, 5.74) is -0.0879. The molecule has 0 aliphatic rings. The highest BCUT2D eigenvalue weighted by molar-refractivity contribution is 5.95. The average Bonchev–Trinajstić information content (AvgIpc) is 2.27. The van der Waals surface area contributed by atoms with Crippen LogP contribution in [0.15, 0.2) is 24.3 Å². The molecule has 5 heteroatoms. The van der Waals surface area contributed by atoms with Gasteiger partial charge in [0.15, 0.2) is 5.69 Å². The Hall–Kier alpha value is -2.30. The third kappa shape index (κ3) is 1.63. The summed E-state index contributed by atoms with van der Waals surface area (Å²) in [6, 6.07) is 6.00. The molecular weight excluding hydrogens is 210 g/mol. The number of aromatic carboxylic acids is 1. The molecule has 16 heavy (non-hydrogen) atoms. The van der Waals surface area contributed by atoms with E-state index in [1.807, 2.05) is 0 Å². The summed E-state index contributed by atoms with van der Waals surface area (Å²) >= 11 is 0. The van der Waals surface area contributed by atoms with Gasteiger partial charge in [0, 0.05) is 5.39 Å². The van der Waals surface area contributed by atoms with E-state index in [1.54, 1.807) is 6.07 Å². The van der Waals surface area contributed by atoms with E-state index in [0.717, 1.165) is 0 Å². The average molecular weight is 219 g/mol.